The number of ether oxygens (including phenoxy) is 1. The molecular formula is C24H36O5. The summed E-state index contributed by atoms with van der Waals surface area (Å²) >= 11 is 0. The third-order valence-corrected chi connectivity index (χ3v) is 9.48. The Hall–Kier alpha value is -1.36. The number of aliphatic hydroxyl groups is 1. The van der Waals surface area contributed by atoms with Crippen LogP contribution in [0.5, 0.6) is 0 Å². The molecule has 162 valence electrons. The molecular weight excluding hydrogens is 368 g/mol. The van der Waals surface area contributed by atoms with Crippen LogP contribution in [-0.4, -0.2) is 34.9 Å². The van der Waals surface area contributed by atoms with Gasteiger partial charge in [0.15, 0.2) is 0 Å². The van der Waals surface area contributed by atoms with Crippen molar-refractivity contribution in [2.75, 3.05) is 6.61 Å². The monoisotopic (exact) mass is 404 g/mol. The Labute approximate surface area is 173 Å². The Balaban J connectivity index is 1.54. The second-order valence-corrected chi connectivity index (χ2v) is 10.9. The lowest BCUT2D eigenvalue weighted by Crippen LogP contribution is -2.61. The van der Waals surface area contributed by atoms with Gasteiger partial charge in [-0.1, -0.05) is 26.0 Å². The maximum absolute atomic E-state index is 12.1. The van der Waals surface area contributed by atoms with Crippen LogP contribution in [0.2, 0.25) is 0 Å². The molecule has 0 amide bonds. The first kappa shape index (κ1) is 20.9. The summed E-state index contributed by atoms with van der Waals surface area (Å²) in [6.45, 7) is 9.09. The van der Waals surface area contributed by atoms with Crippen LogP contribution in [0.15, 0.2) is 12.2 Å². The maximum atomic E-state index is 12.1. The van der Waals surface area contributed by atoms with Gasteiger partial charge in [-0.2, -0.15) is 0 Å². The van der Waals surface area contributed by atoms with E-state index in [9.17, 15) is 14.7 Å². The van der Waals surface area contributed by atoms with Crippen LogP contribution in [0.25, 0.3) is 0 Å². The topological polar surface area (TPSA) is 83.8 Å². The number of rotatable bonds is 5. The Morgan fingerprint density at radius 3 is 2.59 bits per heavy atom. The molecule has 5 heteroatoms. The van der Waals surface area contributed by atoms with Crippen molar-refractivity contribution in [3.63, 3.8) is 0 Å². The van der Waals surface area contributed by atoms with Crippen molar-refractivity contribution in [3.05, 3.63) is 12.2 Å². The lowest BCUT2D eigenvalue weighted by atomic mass is 9.40. The second kappa shape index (κ2) is 7.11. The predicted molar refractivity (Wildman–Crippen MR) is 109 cm³/mol. The highest BCUT2D eigenvalue weighted by Crippen LogP contribution is 2.72. The molecule has 7 unspecified atom stereocenters. The van der Waals surface area contributed by atoms with E-state index in [1.165, 1.54) is 37.7 Å². The fraction of sp³-hybridized carbons (Fsp3) is 0.833. The number of fused-ring (bicyclic) bond motifs is 3. The van der Waals surface area contributed by atoms with Crippen molar-refractivity contribution >= 4 is 11.9 Å². The normalized spacial score (nSPS) is 46.0. The van der Waals surface area contributed by atoms with Gasteiger partial charge >= 0.3 is 11.9 Å². The molecule has 4 fully saturated rings. The molecule has 29 heavy (non-hydrogen) atoms. The molecule has 7 atom stereocenters. The van der Waals surface area contributed by atoms with Crippen LogP contribution in [0.1, 0.15) is 78.1 Å². The molecule has 4 rings (SSSR count). The number of allylic oxidation sites excluding steroid dienone is 1. The minimum atomic E-state index is -0.996. The van der Waals surface area contributed by atoms with Crippen molar-refractivity contribution < 1.29 is 24.5 Å². The molecule has 0 saturated heterocycles. The average molecular weight is 405 g/mol. The van der Waals surface area contributed by atoms with Gasteiger partial charge in [0.25, 0.3) is 0 Å². The standard InChI is InChI=1S/C24H36O5/c1-15-12-24-11-8-17-22(2,18(24)5-4-16(15)13-24)10-9-19(25)23(17,3)14-29-21(28)7-6-20(26)27/h16-19,25H,1,4-14H2,2-3H3,(H,26,27). The lowest BCUT2D eigenvalue weighted by Gasteiger charge is -2.65. The Morgan fingerprint density at radius 2 is 1.86 bits per heavy atom. The first-order valence-corrected chi connectivity index (χ1v) is 11.3. The molecule has 0 heterocycles. The van der Waals surface area contributed by atoms with Gasteiger partial charge in [-0.15, -0.1) is 0 Å². The van der Waals surface area contributed by atoms with Gasteiger partial charge in [-0.3, -0.25) is 9.59 Å². The smallest absolute Gasteiger partial charge is 0.306 e. The van der Waals surface area contributed by atoms with Gasteiger partial charge in [-0.05, 0) is 80.0 Å². The highest BCUT2D eigenvalue weighted by molar-refractivity contribution is 5.76. The minimum absolute atomic E-state index is 0.112. The molecule has 4 saturated carbocycles. The number of carboxylic acids is 1. The van der Waals surface area contributed by atoms with E-state index in [2.05, 4.69) is 20.4 Å². The van der Waals surface area contributed by atoms with E-state index in [0.29, 0.717) is 23.2 Å². The summed E-state index contributed by atoms with van der Waals surface area (Å²) in [5, 5.41) is 19.8. The summed E-state index contributed by atoms with van der Waals surface area (Å²) in [6, 6.07) is 0. The number of esters is 1. The average Bonchev–Trinajstić information content (AvgIpc) is 2.90. The van der Waals surface area contributed by atoms with Crippen LogP contribution in [-0.2, 0) is 14.3 Å². The number of carbonyl (C=O) groups is 2. The molecule has 4 aliphatic carbocycles. The Bertz CT molecular complexity index is 716. The quantitative estimate of drug-likeness (QED) is 0.526. The number of carboxylic acid groups (broad SMARTS) is 1. The molecule has 0 aliphatic heterocycles. The fourth-order valence-electron chi connectivity index (χ4n) is 8.10. The number of aliphatic carboxylic acids is 1. The van der Waals surface area contributed by atoms with Crippen LogP contribution < -0.4 is 0 Å². The molecule has 0 aromatic carbocycles. The minimum Gasteiger partial charge on any atom is -0.481 e. The van der Waals surface area contributed by atoms with E-state index in [0.717, 1.165) is 19.3 Å². The molecule has 0 aromatic rings. The van der Waals surface area contributed by atoms with E-state index in [4.69, 9.17) is 9.84 Å². The van der Waals surface area contributed by atoms with E-state index in [-0.39, 0.29) is 24.9 Å². The highest BCUT2D eigenvalue weighted by Gasteiger charge is 2.65. The summed E-state index contributed by atoms with van der Waals surface area (Å²) in [4.78, 5) is 22.8. The van der Waals surface area contributed by atoms with Crippen LogP contribution >= 0.6 is 0 Å². The fourth-order valence-corrected chi connectivity index (χ4v) is 8.10. The summed E-state index contributed by atoms with van der Waals surface area (Å²) in [5.41, 5.74) is 1.53. The van der Waals surface area contributed by atoms with Gasteiger partial charge in [-0.25, -0.2) is 0 Å². The largest absolute Gasteiger partial charge is 0.481 e. The van der Waals surface area contributed by atoms with Crippen molar-refractivity contribution in [2.45, 2.75) is 84.2 Å². The molecule has 1 spiro atoms. The zero-order valence-corrected chi connectivity index (χ0v) is 17.9. The molecule has 4 aliphatic rings. The summed E-state index contributed by atoms with van der Waals surface area (Å²) in [5.74, 6) is 0.200. The van der Waals surface area contributed by atoms with E-state index in [1.807, 2.05) is 0 Å². The first-order chi connectivity index (χ1) is 13.6. The molecule has 0 radical (unpaired) electrons. The SMILES string of the molecule is C=C1CC23CCC4C(C)(COC(=O)CCC(=O)O)C(O)CCC4(C)C2CCC1C3. The number of carbonyl (C=O) groups excluding carboxylic acids is 1. The molecule has 2 bridgehead atoms. The first-order valence-electron chi connectivity index (χ1n) is 11.3. The van der Waals surface area contributed by atoms with Crippen LogP contribution in [0, 0.1) is 34.0 Å². The van der Waals surface area contributed by atoms with Gasteiger partial charge in [0, 0.05) is 5.41 Å². The van der Waals surface area contributed by atoms with Crippen molar-refractivity contribution in [1.29, 1.82) is 0 Å². The lowest BCUT2D eigenvalue weighted by molar-refractivity contribution is -0.204. The summed E-state index contributed by atoms with van der Waals surface area (Å²) in [7, 11) is 0. The third-order valence-electron chi connectivity index (χ3n) is 9.48. The summed E-state index contributed by atoms with van der Waals surface area (Å²) in [6.07, 6.45) is 8.17. The Kier molecular flexibility index (Phi) is 5.12. The molecule has 2 N–H and O–H groups in total. The predicted octanol–water partition coefficient (Wildman–Crippen LogP) is 4.33. The van der Waals surface area contributed by atoms with Crippen LogP contribution in [0.3, 0.4) is 0 Å². The zero-order chi connectivity index (χ0) is 21.0. The third kappa shape index (κ3) is 3.24. The van der Waals surface area contributed by atoms with Gasteiger partial charge < -0.3 is 14.9 Å². The van der Waals surface area contributed by atoms with Crippen molar-refractivity contribution in [1.82, 2.24) is 0 Å². The second-order valence-electron chi connectivity index (χ2n) is 10.9. The number of hydrogen-bond donors (Lipinski definition) is 2. The molecule has 5 nitrogen and oxygen atoms in total. The molecule has 0 aromatic heterocycles. The van der Waals surface area contributed by atoms with Gasteiger partial charge in [0.05, 0.1) is 25.6 Å². The zero-order valence-electron chi connectivity index (χ0n) is 17.9. The van der Waals surface area contributed by atoms with E-state index >= 15 is 0 Å². The van der Waals surface area contributed by atoms with E-state index in [1.54, 1.807) is 0 Å². The highest BCUT2D eigenvalue weighted by atomic mass is 16.5. The van der Waals surface area contributed by atoms with Crippen LogP contribution in [0.4, 0.5) is 0 Å². The van der Waals surface area contributed by atoms with Crippen molar-refractivity contribution in [2.24, 2.45) is 34.0 Å². The number of aliphatic hydroxyl groups excluding tert-OH is 1. The van der Waals surface area contributed by atoms with Gasteiger partial charge in [0.2, 0.25) is 0 Å². The van der Waals surface area contributed by atoms with Crippen molar-refractivity contribution in [3.8, 4) is 0 Å². The summed E-state index contributed by atoms with van der Waals surface area (Å²) < 4.78 is 5.54. The van der Waals surface area contributed by atoms with Gasteiger partial charge in [0.1, 0.15) is 0 Å². The Morgan fingerprint density at radius 1 is 1.10 bits per heavy atom. The maximum Gasteiger partial charge on any atom is 0.306 e. The number of hydrogen-bond acceptors (Lipinski definition) is 4. The van der Waals surface area contributed by atoms with E-state index < -0.39 is 23.5 Å².